The Kier molecular flexibility index (Phi) is 5.90. The Labute approximate surface area is 183 Å². The van der Waals surface area contributed by atoms with E-state index in [-0.39, 0.29) is 34.6 Å². The van der Waals surface area contributed by atoms with Crippen molar-refractivity contribution in [3.63, 3.8) is 0 Å². The lowest BCUT2D eigenvalue weighted by Gasteiger charge is -2.27. The maximum Gasteiger partial charge on any atom is 0.453 e. The number of aromatic hydroxyl groups is 1. The Bertz CT molecular complexity index is 1190. The highest BCUT2D eigenvalue weighted by atomic mass is 19.4. The van der Waals surface area contributed by atoms with Gasteiger partial charge in [-0.25, -0.2) is 0 Å². The molecule has 2 aromatic carbocycles. The van der Waals surface area contributed by atoms with E-state index in [1.165, 1.54) is 12.1 Å². The Morgan fingerprint density at radius 2 is 1.72 bits per heavy atom. The van der Waals surface area contributed by atoms with Gasteiger partial charge in [0.25, 0.3) is 5.76 Å². The van der Waals surface area contributed by atoms with Crippen LogP contribution in [0.2, 0.25) is 0 Å². The molecular formula is C24H24F3NO4. The minimum absolute atomic E-state index is 0.0674. The van der Waals surface area contributed by atoms with Crippen LogP contribution in [0.15, 0.2) is 39.5 Å². The highest BCUT2D eigenvalue weighted by Crippen LogP contribution is 2.40. The van der Waals surface area contributed by atoms with Gasteiger partial charge in [0.1, 0.15) is 17.1 Å². The number of hydrogen-bond donors (Lipinski definition) is 1. The molecular weight excluding hydrogens is 423 g/mol. The number of fused-ring (bicyclic) bond motifs is 1. The Morgan fingerprint density at radius 3 is 2.34 bits per heavy atom. The van der Waals surface area contributed by atoms with Crippen molar-refractivity contribution < 1.29 is 27.4 Å². The fraction of sp³-hybridized carbons (Fsp3) is 0.375. The largest absolute Gasteiger partial charge is 0.507 e. The topological polar surface area (TPSA) is 62.9 Å². The first kappa shape index (κ1) is 22.2. The van der Waals surface area contributed by atoms with E-state index in [9.17, 15) is 23.1 Å². The summed E-state index contributed by atoms with van der Waals surface area (Å²) in [6.07, 6.45) is -1.94. The summed E-state index contributed by atoms with van der Waals surface area (Å²) in [5, 5.41) is 10.3. The van der Waals surface area contributed by atoms with Crippen LogP contribution in [0, 0.1) is 13.8 Å². The Morgan fingerprint density at radius 1 is 1.06 bits per heavy atom. The zero-order valence-electron chi connectivity index (χ0n) is 17.9. The second-order valence-corrected chi connectivity index (χ2v) is 8.29. The van der Waals surface area contributed by atoms with Crippen molar-refractivity contribution in [2.45, 2.75) is 45.8 Å². The summed E-state index contributed by atoms with van der Waals surface area (Å²) in [6, 6.07) is 7.53. The van der Waals surface area contributed by atoms with Crippen LogP contribution in [0.25, 0.3) is 11.0 Å². The smallest absolute Gasteiger partial charge is 0.453 e. The summed E-state index contributed by atoms with van der Waals surface area (Å²) in [4.78, 5) is 15.2. The molecule has 170 valence electrons. The molecule has 1 N–H and O–H groups in total. The van der Waals surface area contributed by atoms with Gasteiger partial charge in [0.15, 0.2) is 0 Å². The van der Waals surface area contributed by atoms with Crippen LogP contribution in [-0.2, 0) is 12.7 Å². The van der Waals surface area contributed by atoms with Crippen LogP contribution in [0.4, 0.5) is 13.2 Å². The minimum Gasteiger partial charge on any atom is -0.507 e. The molecule has 1 aromatic heterocycles. The Hall–Kier alpha value is -3.00. The number of phenolic OH excluding ortho intramolecular Hbond substituents is 1. The van der Waals surface area contributed by atoms with Gasteiger partial charge < -0.3 is 14.3 Å². The summed E-state index contributed by atoms with van der Waals surface area (Å²) in [7, 11) is 0. The molecule has 2 heterocycles. The van der Waals surface area contributed by atoms with Gasteiger partial charge in [0, 0.05) is 6.54 Å². The third-order valence-electron chi connectivity index (χ3n) is 5.60. The van der Waals surface area contributed by atoms with Crippen molar-refractivity contribution in [1.29, 1.82) is 0 Å². The second kappa shape index (κ2) is 8.50. The zero-order chi connectivity index (χ0) is 23.0. The number of rotatable bonds is 4. The average molecular weight is 447 g/mol. The minimum atomic E-state index is -4.96. The summed E-state index contributed by atoms with van der Waals surface area (Å²) in [5.74, 6) is -2.52. The molecule has 3 aromatic rings. The van der Waals surface area contributed by atoms with Gasteiger partial charge in [0.05, 0.1) is 10.9 Å². The number of halogens is 3. The van der Waals surface area contributed by atoms with E-state index in [0.717, 1.165) is 43.5 Å². The van der Waals surface area contributed by atoms with E-state index in [1.54, 1.807) is 26.0 Å². The van der Waals surface area contributed by atoms with Crippen LogP contribution >= 0.6 is 0 Å². The van der Waals surface area contributed by atoms with Crippen LogP contribution in [0.3, 0.4) is 0 Å². The van der Waals surface area contributed by atoms with Gasteiger partial charge in [-0.1, -0.05) is 12.5 Å². The van der Waals surface area contributed by atoms with E-state index in [1.807, 2.05) is 11.0 Å². The first-order chi connectivity index (χ1) is 15.1. The molecule has 1 saturated heterocycles. The molecule has 0 bridgehead atoms. The van der Waals surface area contributed by atoms with Crippen LogP contribution < -0.4 is 10.2 Å². The molecule has 0 amide bonds. The molecule has 5 nitrogen and oxygen atoms in total. The van der Waals surface area contributed by atoms with Crippen molar-refractivity contribution in [1.82, 2.24) is 4.90 Å². The van der Waals surface area contributed by atoms with Crippen molar-refractivity contribution in [2.75, 3.05) is 13.1 Å². The summed E-state index contributed by atoms with van der Waals surface area (Å²) < 4.78 is 52.5. The number of aryl methyl sites for hydroxylation is 2. The monoisotopic (exact) mass is 447 g/mol. The van der Waals surface area contributed by atoms with Crippen molar-refractivity contribution >= 4 is 11.0 Å². The molecule has 1 fully saturated rings. The van der Waals surface area contributed by atoms with Crippen LogP contribution in [-0.4, -0.2) is 23.1 Å². The highest BCUT2D eigenvalue weighted by molar-refractivity contribution is 5.83. The van der Waals surface area contributed by atoms with Gasteiger partial charge in [-0.3, -0.25) is 9.69 Å². The molecule has 0 atom stereocenters. The fourth-order valence-corrected chi connectivity index (χ4v) is 4.17. The van der Waals surface area contributed by atoms with Gasteiger partial charge >= 0.3 is 6.18 Å². The molecule has 0 unspecified atom stereocenters. The number of hydrogen-bond acceptors (Lipinski definition) is 5. The van der Waals surface area contributed by atoms with Crippen molar-refractivity contribution in [3.8, 4) is 17.2 Å². The second-order valence-electron chi connectivity index (χ2n) is 8.29. The van der Waals surface area contributed by atoms with Crippen molar-refractivity contribution in [2.24, 2.45) is 0 Å². The molecule has 0 aliphatic carbocycles. The van der Waals surface area contributed by atoms with E-state index in [4.69, 9.17) is 9.15 Å². The summed E-state index contributed by atoms with van der Waals surface area (Å²) in [6.45, 7) is 5.28. The fourth-order valence-electron chi connectivity index (χ4n) is 4.17. The maximum atomic E-state index is 13.9. The average Bonchev–Trinajstić information content (AvgIpc) is 2.71. The van der Waals surface area contributed by atoms with Gasteiger partial charge in [-0.05, 0) is 75.2 Å². The molecule has 1 aliphatic heterocycles. The van der Waals surface area contributed by atoms with E-state index < -0.39 is 23.1 Å². The lowest BCUT2D eigenvalue weighted by atomic mass is 10.1. The molecule has 4 rings (SSSR count). The van der Waals surface area contributed by atoms with Crippen molar-refractivity contribution in [3.05, 3.63) is 63.0 Å². The third kappa shape index (κ3) is 4.46. The van der Waals surface area contributed by atoms with Crippen LogP contribution in [0.1, 0.15) is 41.7 Å². The number of phenols is 1. The van der Waals surface area contributed by atoms with Gasteiger partial charge in [0.2, 0.25) is 11.2 Å². The SMILES string of the molecule is Cc1cc(C)cc(Oc2c(C(F)(F)F)oc3c(CN4CCCCC4)c(O)ccc3c2=O)c1. The predicted molar refractivity (Wildman–Crippen MR) is 114 cm³/mol. The van der Waals surface area contributed by atoms with E-state index in [0.29, 0.717) is 0 Å². The molecule has 0 spiro atoms. The number of likely N-dealkylation sites (tertiary alicyclic amines) is 1. The molecule has 1 aliphatic rings. The number of ether oxygens (including phenoxy) is 1. The number of piperidine rings is 1. The van der Waals surface area contributed by atoms with Gasteiger partial charge in [-0.2, -0.15) is 13.2 Å². The number of nitrogens with zero attached hydrogens (tertiary/aromatic N) is 1. The Balaban J connectivity index is 1.88. The number of benzene rings is 2. The quantitative estimate of drug-likeness (QED) is 0.539. The zero-order valence-corrected chi connectivity index (χ0v) is 17.9. The van der Waals surface area contributed by atoms with Gasteiger partial charge in [-0.15, -0.1) is 0 Å². The first-order valence-electron chi connectivity index (χ1n) is 10.5. The maximum absolute atomic E-state index is 13.9. The molecule has 32 heavy (non-hydrogen) atoms. The normalized spacial score (nSPS) is 15.3. The highest BCUT2D eigenvalue weighted by Gasteiger charge is 2.41. The molecule has 0 radical (unpaired) electrons. The number of alkyl halides is 3. The van der Waals surface area contributed by atoms with E-state index >= 15 is 0 Å². The summed E-state index contributed by atoms with van der Waals surface area (Å²) in [5.41, 5.74) is 0.545. The standard InChI is InChI=1S/C24H24F3NO4/c1-14-10-15(2)12-16(11-14)31-22-20(30)17-6-7-19(29)18(13-28-8-4-3-5-9-28)21(17)32-23(22)24(25,26)27/h6-7,10-12,29H,3-5,8-9,13H2,1-2H3. The lowest BCUT2D eigenvalue weighted by Crippen LogP contribution is -2.29. The third-order valence-corrected chi connectivity index (χ3v) is 5.60. The van der Waals surface area contributed by atoms with Crippen LogP contribution in [0.5, 0.6) is 17.2 Å². The van der Waals surface area contributed by atoms with E-state index in [2.05, 4.69) is 0 Å². The molecule has 8 heteroatoms. The predicted octanol–water partition coefficient (Wildman–Crippen LogP) is 5.91. The first-order valence-corrected chi connectivity index (χ1v) is 10.5. The molecule has 0 saturated carbocycles. The summed E-state index contributed by atoms with van der Waals surface area (Å²) >= 11 is 0. The lowest BCUT2D eigenvalue weighted by molar-refractivity contribution is -0.154.